The zero-order valence-corrected chi connectivity index (χ0v) is 13.8. The standard InChI is InChI=1S/C16H30N2O3/c1-12-6-5-7-16(10-12,18(3)4)11-17-14(19)8-13(2)9-15(20)21/h12-13H,5-11H2,1-4H3,(H,17,19)(H,20,21). The van der Waals surface area contributed by atoms with Crippen molar-refractivity contribution in [1.29, 1.82) is 0 Å². The van der Waals surface area contributed by atoms with Gasteiger partial charge in [-0.3, -0.25) is 9.59 Å². The molecule has 3 unspecified atom stereocenters. The predicted octanol–water partition coefficient (Wildman–Crippen LogP) is 2.11. The molecule has 0 aromatic heterocycles. The van der Waals surface area contributed by atoms with Crippen molar-refractivity contribution in [1.82, 2.24) is 10.2 Å². The molecule has 5 nitrogen and oxygen atoms in total. The molecule has 0 heterocycles. The first-order valence-electron chi connectivity index (χ1n) is 7.91. The molecule has 5 heteroatoms. The summed E-state index contributed by atoms with van der Waals surface area (Å²) in [5.41, 5.74) is 0.0450. The maximum Gasteiger partial charge on any atom is 0.303 e. The van der Waals surface area contributed by atoms with Gasteiger partial charge in [0.2, 0.25) is 5.91 Å². The number of likely N-dealkylation sites (N-methyl/N-ethyl adjacent to an activating group) is 1. The Morgan fingerprint density at radius 1 is 1.38 bits per heavy atom. The number of carbonyl (C=O) groups is 2. The fourth-order valence-corrected chi connectivity index (χ4v) is 3.38. The highest BCUT2D eigenvalue weighted by Gasteiger charge is 2.37. The number of rotatable bonds is 7. The number of hydrogen-bond acceptors (Lipinski definition) is 3. The van der Waals surface area contributed by atoms with Crippen LogP contribution in [0.5, 0.6) is 0 Å². The normalized spacial score (nSPS) is 27.4. The van der Waals surface area contributed by atoms with Crippen LogP contribution < -0.4 is 5.32 Å². The summed E-state index contributed by atoms with van der Waals surface area (Å²) < 4.78 is 0. The molecule has 1 aliphatic carbocycles. The molecule has 0 aromatic rings. The Hall–Kier alpha value is -1.10. The molecule has 0 saturated heterocycles. The lowest BCUT2D eigenvalue weighted by molar-refractivity contribution is -0.138. The van der Waals surface area contributed by atoms with Gasteiger partial charge in [0, 0.05) is 24.9 Å². The molecule has 1 aliphatic rings. The Morgan fingerprint density at radius 3 is 2.57 bits per heavy atom. The average molecular weight is 298 g/mol. The topological polar surface area (TPSA) is 69.6 Å². The van der Waals surface area contributed by atoms with Crippen molar-refractivity contribution in [3.05, 3.63) is 0 Å². The van der Waals surface area contributed by atoms with Crippen molar-refractivity contribution in [2.45, 2.75) is 57.9 Å². The summed E-state index contributed by atoms with van der Waals surface area (Å²) in [6, 6.07) is 0. The molecule has 0 aliphatic heterocycles. The van der Waals surface area contributed by atoms with Crippen LogP contribution in [0, 0.1) is 11.8 Å². The largest absolute Gasteiger partial charge is 0.481 e. The van der Waals surface area contributed by atoms with Crippen molar-refractivity contribution >= 4 is 11.9 Å². The second-order valence-corrected chi connectivity index (χ2v) is 7.00. The van der Waals surface area contributed by atoms with E-state index in [9.17, 15) is 9.59 Å². The van der Waals surface area contributed by atoms with E-state index in [1.54, 1.807) is 6.92 Å². The van der Waals surface area contributed by atoms with Gasteiger partial charge in [0.05, 0.1) is 0 Å². The molecule has 122 valence electrons. The summed E-state index contributed by atoms with van der Waals surface area (Å²) in [4.78, 5) is 24.9. The highest BCUT2D eigenvalue weighted by atomic mass is 16.4. The highest BCUT2D eigenvalue weighted by molar-refractivity contribution is 5.77. The van der Waals surface area contributed by atoms with Gasteiger partial charge >= 0.3 is 5.97 Å². The minimum Gasteiger partial charge on any atom is -0.481 e. The number of nitrogens with one attached hydrogen (secondary N) is 1. The molecule has 1 saturated carbocycles. The molecule has 0 aromatic carbocycles. The Kier molecular flexibility index (Phi) is 6.65. The first kappa shape index (κ1) is 18.0. The van der Waals surface area contributed by atoms with Crippen LogP contribution in [-0.2, 0) is 9.59 Å². The second kappa shape index (κ2) is 7.78. The molecule has 2 N–H and O–H groups in total. The van der Waals surface area contributed by atoms with Gasteiger partial charge in [-0.05, 0) is 38.8 Å². The smallest absolute Gasteiger partial charge is 0.303 e. The van der Waals surface area contributed by atoms with E-state index in [0.717, 1.165) is 12.8 Å². The number of aliphatic carboxylic acids is 1. The summed E-state index contributed by atoms with van der Waals surface area (Å²) in [6.07, 6.45) is 5.00. The van der Waals surface area contributed by atoms with Crippen molar-refractivity contribution in [3.63, 3.8) is 0 Å². The Balaban J connectivity index is 2.50. The lowest BCUT2D eigenvalue weighted by Gasteiger charge is -2.45. The van der Waals surface area contributed by atoms with Gasteiger partial charge in [0.15, 0.2) is 0 Å². The molecule has 1 fully saturated rings. The number of carboxylic acid groups (broad SMARTS) is 1. The Bertz CT molecular complexity index is 371. The average Bonchev–Trinajstić information content (AvgIpc) is 2.35. The van der Waals surface area contributed by atoms with Gasteiger partial charge in [0.1, 0.15) is 0 Å². The molecule has 0 radical (unpaired) electrons. The molecule has 21 heavy (non-hydrogen) atoms. The van der Waals surface area contributed by atoms with Gasteiger partial charge in [-0.1, -0.05) is 26.7 Å². The lowest BCUT2D eigenvalue weighted by atomic mass is 9.75. The van der Waals surface area contributed by atoms with Crippen LogP contribution in [-0.4, -0.2) is 48.1 Å². The second-order valence-electron chi connectivity index (χ2n) is 7.00. The van der Waals surface area contributed by atoms with Gasteiger partial charge in [0.25, 0.3) is 0 Å². The first-order valence-corrected chi connectivity index (χ1v) is 7.91. The minimum absolute atomic E-state index is 0.0387. The van der Waals surface area contributed by atoms with Gasteiger partial charge in [-0.2, -0.15) is 0 Å². The molecule has 0 bridgehead atoms. The number of carboxylic acids is 1. The van der Waals surface area contributed by atoms with Crippen molar-refractivity contribution in [3.8, 4) is 0 Å². The number of amides is 1. The van der Waals surface area contributed by atoms with Crippen LogP contribution in [0.4, 0.5) is 0 Å². The van der Waals surface area contributed by atoms with E-state index in [2.05, 4.69) is 31.2 Å². The van der Waals surface area contributed by atoms with E-state index < -0.39 is 5.97 Å². The van der Waals surface area contributed by atoms with Crippen molar-refractivity contribution < 1.29 is 14.7 Å². The van der Waals surface area contributed by atoms with Crippen LogP contribution in [0.3, 0.4) is 0 Å². The maximum atomic E-state index is 12.0. The van der Waals surface area contributed by atoms with E-state index in [1.807, 2.05) is 0 Å². The van der Waals surface area contributed by atoms with E-state index in [-0.39, 0.29) is 30.2 Å². The summed E-state index contributed by atoms with van der Waals surface area (Å²) >= 11 is 0. The van der Waals surface area contributed by atoms with E-state index in [1.165, 1.54) is 12.8 Å². The molecule has 3 atom stereocenters. The molecule has 0 spiro atoms. The zero-order valence-electron chi connectivity index (χ0n) is 13.8. The predicted molar refractivity (Wildman–Crippen MR) is 83.1 cm³/mol. The van der Waals surface area contributed by atoms with Crippen LogP contribution in [0.15, 0.2) is 0 Å². The Morgan fingerprint density at radius 2 is 2.05 bits per heavy atom. The number of nitrogens with zero attached hydrogens (tertiary/aromatic N) is 1. The lowest BCUT2D eigenvalue weighted by Crippen LogP contribution is -2.55. The SMILES string of the molecule is CC(CC(=O)O)CC(=O)NCC1(N(C)C)CCCC(C)C1. The summed E-state index contributed by atoms with van der Waals surface area (Å²) in [7, 11) is 4.16. The zero-order chi connectivity index (χ0) is 16.0. The van der Waals surface area contributed by atoms with Gasteiger partial charge in [-0.25, -0.2) is 0 Å². The maximum absolute atomic E-state index is 12.0. The van der Waals surface area contributed by atoms with Crippen LogP contribution in [0.25, 0.3) is 0 Å². The fourth-order valence-electron chi connectivity index (χ4n) is 3.38. The van der Waals surface area contributed by atoms with Gasteiger partial charge < -0.3 is 15.3 Å². The first-order chi connectivity index (χ1) is 9.75. The van der Waals surface area contributed by atoms with E-state index >= 15 is 0 Å². The fraction of sp³-hybridized carbons (Fsp3) is 0.875. The van der Waals surface area contributed by atoms with Crippen LogP contribution in [0.2, 0.25) is 0 Å². The third-order valence-corrected chi connectivity index (χ3v) is 4.69. The van der Waals surface area contributed by atoms with E-state index in [4.69, 9.17) is 5.11 Å². The third-order valence-electron chi connectivity index (χ3n) is 4.69. The van der Waals surface area contributed by atoms with Crippen LogP contribution >= 0.6 is 0 Å². The highest BCUT2D eigenvalue weighted by Crippen LogP contribution is 2.35. The Labute approximate surface area is 128 Å². The van der Waals surface area contributed by atoms with Crippen LogP contribution in [0.1, 0.15) is 52.4 Å². The van der Waals surface area contributed by atoms with Crippen molar-refractivity contribution in [2.24, 2.45) is 11.8 Å². The van der Waals surface area contributed by atoms with E-state index in [0.29, 0.717) is 12.5 Å². The third kappa shape index (κ3) is 5.65. The molecule has 1 amide bonds. The number of hydrogen-bond donors (Lipinski definition) is 2. The summed E-state index contributed by atoms with van der Waals surface area (Å²) in [5.74, 6) is -0.323. The van der Waals surface area contributed by atoms with Crippen molar-refractivity contribution in [2.75, 3.05) is 20.6 Å². The monoisotopic (exact) mass is 298 g/mol. The molecular weight excluding hydrogens is 268 g/mol. The van der Waals surface area contributed by atoms with Gasteiger partial charge in [-0.15, -0.1) is 0 Å². The quantitative estimate of drug-likeness (QED) is 0.755. The number of carbonyl (C=O) groups excluding carboxylic acids is 1. The molecule has 1 rings (SSSR count). The minimum atomic E-state index is -0.846. The summed E-state index contributed by atoms with van der Waals surface area (Å²) in [5, 5.41) is 11.8. The summed E-state index contributed by atoms with van der Waals surface area (Å²) in [6.45, 7) is 4.73. The molecular formula is C16H30N2O3.